The van der Waals surface area contributed by atoms with Crippen LogP contribution in [0.4, 0.5) is 5.69 Å². The van der Waals surface area contributed by atoms with Gasteiger partial charge >= 0.3 is 0 Å². The predicted octanol–water partition coefficient (Wildman–Crippen LogP) is 3.38. The van der Waals surface area contributed by atoms with E-state index >= 15 is 0 Å². The molecule has 5 rings (SSSR count). The number of aryl methyl sites for hydroxylation is 1. The van der Waals surface area contributed by atoms with Crippen LogP contribution in [0.5, 0.6) is 0 Å². The van der Waals surface area contributed by atoms with E-state index in [4.69, 9.17) is 0 Å². The molecule has 0 bridgehead atoms. The Morgan fingerprint density at radius 3 is 2.60 bits per heavy atom. The van der Waals surface area contributed by atoms with Crippen LogP contribution in [0.1, 0.15) is 35.1 Å². The highest BCUT2D eigenvalue weighted by molar-refractivity contribution is 7.93. The molecule has 1 aliphatic heterocycles. The molecular weight excluding hydrogens is 398 g/mol. The molecule has 1 N–H and O–H groups in total. The minimum Gasteiger partial charge on any atom is -0.268 e. The summed E-state index contributed by atoms with van der Waals surface area (Å²) in [5, 5.41) is 6.90. The van der Waals surface area contributed by atoms with E-state index in [0.717, 1.165) is 53.6 Å². The van der Waals surface area contributed by atoms with Crippen molar-refractivity contribution < 1.29 is 8.42 Å². The first kappa shape index (κ1) is 19.1. The number of hydrogen-bond donors (Lipinski definition) is 1. The maximum absolute atomic E-state index is 13.6. The molecule has 0 atom stereocenters. The smallest absolute Gasteiger partial charge is 0.267 e. The summed E-state index contributed by atoms with van der Waals surface area (Å²) in [7, 11) is -3.71. The van der Waals surface area contributed by atoms with Gasteiger partial charge in [-0.3, -0.25) is 9.10 Å². The Bertz CT molecular complexity index is 1310. The van der Waals surface area contributed by atoms with Crippen LogP contribution in [0.15, 0.2) is 52.2 Å². The highest BCUT2D eigenvalue weighted by Gasteiger charge is 2.32. The summed E-state index contributed by atoms with van der Waals surface area (Å²) in [5.74, 6) is 0. The average Bonchev–Trinajstić information content (AvgIpc) is 3.20. The molecule has 2 aliphatic rings. The molecule has 7 heteroatoms. The van der Waals surface area contributed by atoms with Gasteiger partial charge in [0, 0.05) is 17.7 Å². The monoisotopic (exact) mass is 421 g/mol. The number of nitrogens with zero attached hydrogens (tertiary/aromatic N) is 2. The van der Waals surface area contributed by atoms with E-state index in [0.29, 0.717) is 24.2 Å². The van der Waals surface area contributed by atoms with E-state index in [9.17, 15) is 13.2 Å². The summed E-state index contributed by atoms with van der Waals surface area (Å²) < 4.78 is 28.7. The van der Waals surface area contributed by atoms with E-state index in [1.165, 1.54) is 4.31 Å². The van der Waals surface area contributed by atoms with Crippen molar-refractivity contribution in [1.29, 1.82) is 0 Å². The van der Waals surface area contributed by atoms with Gasteiger partial charge < -0.3 is 0 Å². The number of hydrogen-bond acceptors (Lipinski definition) is 4. The number of aromatic amines is 1. The van der Waals surface area contributed by atoms with Crippen LogP contribution in [0.3, 0.4) is 0 Å². The van der Waals surface area contributed by atoms with Gasteiger partial charge in [0.25, 0.3) is 15.6 Å². The first-order valence-electron chi connectivity index (χ1n) is 10.3. The van der Waals surface area contributed by atoms with Crippen LogP contribution in [0.25, 0.3) is 11.3 Å². The Hall–Kier alpha value is -2.93. The molecule has 0 saturated heterocycles. The number of rotatable bonds is 3. The Labute approximate surface area is 175 Å². The Morgan fingerprint density at radius 1 is 1.00 bits per heavy atom. The molecule has 0 unspecified atom stereocenters. The standard InChI is InChI=1S/C23H23N3O3S/c1-15-10-11-17(22-18-7-3-4-8-19(18)23(27)25-24-22)14-21(15)30(28,29)26-13-12-16-6-2-5-9-20(16)26/h2,5-6,9-11,14H,3-4,7-8,12-13H2,1H3,(H,25,27). The minimum atomic E-state index is -3.71. The lowest BCUT2D eigenvalue weighted by molar-refractivity contribution is 0.591. The summed E-state index contributed by atoms with van der Waals surface area (Å²) in [4.78, 5) is 12.5. The van der Waals surface area contributed by atoms with Crippen molar-refractivity contribution in [3.63, 3.8) is 0 Å². The van der Waals surface area contributed by atoms with Crippen LogP contribution >= 0.6 is 0 Å². The molecule has 30 heavy (non-hydrogen) atoms. The third kappa shape index (κ3) is 2.96. The van der Waals surface area contributed by atoms with Gasteiger partial charge in [-0.05, 0) is 67.9 Å². The van der Waals surface area contributed by atoms with Crippen molar-refractivity contribution in [3.05, 3.63) is 75.1 Å². The fourth-order valence-corrected chi connectivity index (χ4v) is 6.36. The topological polar surface area (TPSA) is 83.1 Å². The molecule has 0 spiro atoms. The molecule has 0 amide bonds. The van der Waals surface area contributed by atoms with E-state index in [1.807, 2.05) is 43.3 Å². The second-order valence-electron chi connectivity index (χ2n) is 8.00. The maximum Gasteiger partial charge on any atom is 0.267 e. The minimum absolute atomic E-state index is 0.137. The highest BCUT2D eigenvalue weighted by Crippen LogP contribution is 2.35. The Kier molecular flexibility index (Phi) is 4.50. The van der Waals surface area contributed by atoms with Gasteiger partial charge in [-0.1, -0.05) is 30.3 Å². The molecule has 6 nitrogen and oxygen atoms in total. The molecule has 0 fully saturated rings. The number of H-pyrrole nitrogens is 1. The second kappa shape index (κ2) is 7.09. The quantitative estimate of drug-likeness (QED) is 0.703. The maximum atomic E-state index is 13.6. The van der Waals surface area contributed by atoms with E-state index in [1.54, 1.807) is 6.07 Å². The largest absolute Gasteiger partial charge is 0.268 e. The van der Waals surface area contributed by atoms with E-state index < -0.39 is 10.0 Å². The third-order valence-electron chi connectivity index (χ3n) is 6.17. The fraction of sp³-hybridized carbons (Fsp3) is 0.304. The van der Waals surface area contributed by atoms with Crippen molar-refractivity contribution in [3.8, 4) is 11.3 Å². The number of para-hydroxylation sites is 1. The van der Waals surface area contributed by atoms with Gasteiger partial charge in [0.1, 0.15) is 0 Å². The van der Waals surface area contributed by atoms with E-state index in [2.05, 4.69) is 10.2 Å². The Balaban J connectivity index is 1.63. The zero-order chi connectivity index (χ0) is 20.9. The van der Waals surface area contributed by atoms with Gasteiger partial charge in [0.05, 0.1) is 16.3 Å². The van der Waals surface area contributed by atoms with Crippen molar-refractivity contribution in [2.45, 2.75) is 43.9 Å². The number of sulfonamides is 1. The summed E-state index contributed by atoms with van der Waals surface area (Å²) in [6, 6.07) is 13.1. The molecular formula is C23H23N3O3S. The highest BCUT2D eigenvalue weighted by atomic mass is 32.2. The Morgan fingerprint density at radius 2 is 1.77 bits per heavy atom. The fourth-order valence-electron chi connectivity index (χ4n) is 4.60. The lowest BCUT2D eigenvalue weighted by atomic mass is 9.90. The first-order chi connectivity index (χ1) is 14.5. The van der Waals surface area contributed by atoms with Crippen LogP contribution in [-0.4, -0.2) is 25.2 Å². The van der Waals surface area contributed by atoms with Gasteiger partial charge in [0.15, 0.2) is 0 Å². The SMILES string of the molecule is Cc1ccc(-c2n[nH]c(=O)c3c2CCCC3)cc1S(=O)(=O)N1CCc2ccccc21. The van der Waals surface area contributed by atoms with Crippen LogP contribution < -0.4 is 9.86 Å². The molecule has 3 aromatic rings. The van der Waals surface area contributed by atoms with Crippen molar-refractivity contribution in [2.75, 3.05) is 10.8 Å². The molecule has 0 radical (unpaired) electrons. The number of anilines is 1. The number of benzene rings is 2. The van der Waals surface area contributed by atoms with Gasteiger partial charge in [0.2, 0.25) is 0 Å². The second-order valence-corrected chi connectivity index (χ2v) is 9.83. The normalized spacial score (nSPS) is 15.7. The summed E-state index contributed by atoms with van der Waals surface area (Å²) in [6.45, 7) is 2.26. The molecule has 0 saturated carbocycles. The van der Waals surface area contributed by atoms with Crippen molar-refractivity contribution >= 4 is 15.7 Å². The average molecular weight is 422 g/mol. The van der Waals surface area contributed by atoms with E-state index in [-0.39, 0.29) is 10.5 Å². The molecule has 154 valence electrons. The third-order valence-corrected chi connectivity index (χ3v) is 8.13. The molecule has 2 aromatic carbocycles. The van der Waals surface area contributed by atoms with Gasteiger partial charge in [-0.15, -0.1) is 0 Å². The lowest BCUT2D eigenvalue weighted by Crippen LogP contribution is -2.29. The summed E-state index contributed by atoms with van der Waals surface area (Å²) in [5.41, 5.74) is 5.49. The zero-order valence-electron chi connectivity index (χ0n) is 16.8. The number of fused-ring (bicyclic) bond motifs is 2. The van der Waals surface area contributed by atoms with Gasteiger partial charge in [-0.25, -0.2) is 13.5 Å². The number of aromatic nitrogens is 2. The van der Waals surface area contributed by atoms with Crippen molar-refractivity contribution in [2.24, 2.45) is 0 Å². The zero-order valence-corrected chi connectivity index (χ0v) is 17.6. The molecule has 2 heterocycles. The number of nitrogens with one attached hydrogen (secondary N) is 1. The van der Waals surface area contributed by atoms with Gasteiger partial charge in [-0.2, -0.15) is 5.10 Å². The predicted molar refractivity (Wildman–Crippen MR) is 116 cm³/mol. The van der Waals surface area contributed by atoms with Crippen LogP contribution in [-0.2, 0) is 29.3 Å². The summed E-state index contributed by atoms with van der Waals surface area (Å²) in [6.07, 6.45) is 4.23. The van der Waals surface area contributed by atoms with Crippen molar-refractivity contribution in [1.82, 2.24) is 10.2 Å². The first-order valence-corrected chi connectivity index (χ1v) is 11.7. The molecule has 1 aromatic heterocycles. The lowest BCUT2D eigenvalue weighted by Gasteiger charge is -2.22. The van der Waals surface area contributed by atoms with Crippen LogP contribution in [0, 0.1) is 6.92 Å². The van der Waals surface area contributed by atoms with Crippen LogP contribution in [0.2, 0.25) is 0 Å². The molecule has 1 aliphatic carbocycles. The summed E-state index contributed by atoms with van der Waals surface area (Å²) >= 11 is 0.